The molecule has 2 N–H and O–H groups in total. The minimum Gasteiger partial charge on any atom is -0.486 e. The van der Waals surface area contributed by atoms with Gasteiger partial charge in [0.2, 0.25) is 0 Å². The predicted molar refractivity (Wildman–Crippen MR) is 160 cm³/mol. The van der Waals surface area contributed by atoms with Gasteiger partial charge < -0.3 is 19.7 Å². The van der Waals surface area contributed by atoms with Crippen LogP contribution in [0.25, 0.3) is 23.1 Å². The lowest BCUT2D eigenvalue weighted by Gasteiger charge is -2.36. The fraction of sp³-hybridized carbons (Fsp3) is 0.280. The van der Waals surface area contributed by atoms with Crippen LogP contribution in [0.15, 0.2) is 42.7 Å². The van der Waals surface area contributed by atoms with Crippen molar-refractivity contribution in [2.45, 2.75) is 18.9 Å². The van der Waals surface area contributed by atoms with Crippen molar-refractivity contribution < 1.29 is 19.7 Å². The Morgan fingerprint density at radius 3 is 2.51 bits per heavy atom. The summed E-state index contributed by atoms with van der Waals surface area (Å²) in [5.74, 6) is -1.58. The van der Waals surface area contributed by atoms with E-state index in [0.717, 1.165) is 16.6 Å². The van der Waals surface area contributed by atoms with Crippen molar-refractivity contribution >= 4 is 74.7 Å². The number of ether oxygens (including phenoxy) is 2. The second kappa shape index (κ2) is 12.3. The fourth-order valence-corrected chi connectivity index (χ4v) is 6.47. The normalized spacial score (nSPS) is 16.1. The molecule has 14 heteroatoms. The highest BCUT2D eigenvalue weighted by Gasteiger charge is 2.37. The molecular formula is C25H24Cl2IN6O4P. The minimum atomic E-state index is -2.21. The Hall–Kier alpha value is -1.96. The molecule has 0 bridgehead atoms. The zero-order valence-corrected chi connectivity index (χ0v) is 25.3. The molecule has 1 aliphatic rings. The van der Waals surface area contributed by atoms with E-state index >= 15 is 0 Å². The number of nitrogens with zero attached hydrogens (tertiary/aromatic N) is 6. The van der Waals surface area contributed by atoms with E-state index in [-0.39, 0.29) is 5.69 Å². The summed E-state index contributed by atoms with van der Waals surface area (Å²) in [6, 6.07) is 9.01. The molecule has 10 nitrogen and oxygen atoms in total. The summed E-state index contributed by atoms with van der Waals surface area (Å²) in [4.78, 5) is 5.50. The van der Waals surface area contributed by atoms with E-state index in [1.165, 1.54) is 4.90 Å². The number of fused-ring (bicyclic) bond motifs is 1. The van der Waals surface area contributed by atoms with E-state index < -0.39 is 12.0 Å². The Bertz CT molecular complexity index is 1480. The quantitative estimate of drug-likeness (QED) is 0.148. The van der Waals surface area contributed by atoms with Crippen molar-refractivity contribution in [1.29, 1.82) is 0 Å². The third-order valence-corrected chi connectivity index (χ3v) is 8.74. The van der Waals surface area contributed by atoms with Crippen LogP contribution in [0.1, 0.15) is 35.7 Å². The van der Waals surface area contributed by atoms with Crippen LogP contribution in [-0.4, -0.2) is 66.1 Å². The van der Waals surface area contributed by atoms with Gasteiger partial charge in [0.05, 0.1) is 46.5 Å². The van der Waals surface area contributed by atoms with Gasteiger partial charge in [-0.15, -0.1) is 5.10 Å². The van der Waals surface area contributed by atoms with Crippen LogP contribution < -0.4 is 4.74 Å². The van der Waals surface area contributed by atoms with Crippen molar-refractivity contribution in [3.05, 3.63) is 75.4 Å². The second-order valence-electron chi connectivity index (χ2n) is 8.75. The van der Waals surface area contributed by atoms with E-state index in [2.05, 4.69) is 37.2 Å². The maximum Gasteiger partial charge on any atom is 0.273 e. The smallest absolute Gasteiger partial charge is 0.273 e. The van der Waals surface area contributed by atoms with Crippen LogP contribution in [0.4, 0.5) is 0 Å². The maximum absolute atomic E-state index is 10.6. The summed E-state index contributed by atoms with van der Waals surface area (Å²) < 4.78 is 13.4. The van der Waals surface area contributed by atoms with Gasteiger partial charge in [-0.1, -0.05) is 23.2 Å². The Morgan fingerprint density at radius 1 is 1.10 bits per heavy atom. The lowest BCUT2D eigenvalue weighted by atomic mass is 10.1. The molecule has 0 amide bonds. The third-order valence-electron chi connectivity index (χ3n) is 6.26. The molecular weight excluding hydrogens is 677 g/mol. The van der Waals surface area contributed by atoms with Crippen molar-refractivity contribution in [1.82, 2.24) is 29.6 Å². The highest BCUT2D eigenvalue weighted by Crippen LogP contribution is 2.36. The number of hydrogen-bond acceptors (Lipinski definition) is 9. The van der Waals surface area contributed by atoms with Gasteiger partial charge in [-0.2, -0.15) is 10.2 Å². The topological polar surface area (TPSA) is 119 Å². The molecule has 2 unspecified atom stereocenters. The first-order chi connectivity index (χ1) is 18.8. The molecule has 1 aliphatic heterocycles. The summed E-state index contributed by atoms with van der Waals surface area (Å²) in [5, 5.41) is 36.0. The maximum atomic E-state index is 10.6. The monoisotopic (exact) mass is 700 g/mol. The third kappa shape index (κ3) is 6.20. The number of pyridine rings is 1. The standard InChI is InChI=1S/C25H24Cl2IN6O4P/c1-15(24-19(26)13-29-14-20(24)27)38-17-4-6-22-18(12-17)21(32-34(22)39-28)5-2-16-3-7-23(31-30-16)25(35,36)33-8-10-37-11-9-33/h2-7,12-15,35-36,39H,8-11H2,1H3/b5-2+. The van der Waals surface area contributed by atoms with Gasteiger partial charge in [-0.25, -0.2) is 9.35 Å². The molecule has 1 saturated heterocycles. The summed E-state index contributed by atoms with van der Waals surface area (Å²) in [7, 11) is 0. The number of aliphatic hydroxyl groups is 2. The number of hydrogen-bond donors (Lipinski definition) is 2. The average molecular weight is 701 g/mol. The first-order valence-corrected chi connectivity index (χ1v) is 16.7. The van der Waals surface area contributed by atoms with Gasteiger partial charge in [0.25, 0.3) is 5.91 Å². The number of rotatable bonds is 8. The predicted octanol–water partition coefficient (Wildman–Crippen LogP) is 5.06. The zero-order chi connectivity index (χ0) is 27.6. The molecule has 0 spiro atoms. The largest absolute Gasteiger partial charge is 0.486 e. The minimum absolute atomic E-state index is 0.0488. The van der Waals surface area contributed by atoms with E-state index in [4.69, 9.17) is 37.8 Å². The number of aromatic nitrogens is 5. The van der Waals surface area contributed by atoms with Gasteiger partial charge in [-0.05, 0) is 71.4 Å². The fourth-order valence-electron chi connectivity index (χ4n) is 4.27. The highest BCUT2D eigenvalue weighted by molar-refractivity contribution is 14.2. The highest BCUT2D eigenvalue weighted by atomic mass is 127. The summed E-state index contributed by atoms with van der Waals surface area (Å²) in [6.07, 6.45) is 6.70. The van der Waals surface area contributed by atoms with Crippen LogP contribution in [0.5, 0.6) is 5.75 Å². The number of morpholine rings is 1. The Labute approximate surface area is 249 Å². The molecule has 204 valence electrons. The molecule has 39 heavy (non-hydrogen) atoms. The first kappa shape index (κ1) is 28.6. The molecule has 4 aromatic rings. The van der Waals surface area contributed by atoms with E-state index in [0.29, 0.717) is 59.7 Å². The zero-order valence-electron chi connectivity index (χ0n) is 20.6. The molecule has 1 fully saturated rings. The van der Waals surface area contributed by atoms with Crippen molar-refractivity contribution in [3.63, 3.8) is 0 Å². The van der Waals surface area contributed by atoms with Crippen molar-refractivity contribution in [3.8, 4) is 5.75 Å². The molecule has 4 heterocycles. The average Bonchev–Trinajstić information content (AvgIpc) is 3.29. The first-order valence-electron chi connectivity index (χ1n) is 11.9. The van der Waals surface area contributed by atoms with Crippen molar-refractivity contribution in [2.24, 2.45) is 0 Å². The summed E-state index contributed by atoms with van der Waals surface area (Å²) >= 11 is 14.9. The van der Waals surface area contributed by atoms with Crippen molar-refractivity contribution in [2.75, 3.05) is 26.3 Å². The molecule has 3 aromatic heterocycles. The second-order valence-corrected chi connectivity index (χ2v) is 11.6. The van der Waals surface area contributed by atoms with E-state index in [1.54, 1.807) is 30.6 Å². The molecule has 1 aromatic carbocycles. The van der Waals surface area contributed by atoms with Crippen LogP contribution in [-0.2, 0) is 10.6 Å². The SMILES string of the molecule is CC(Oc1ccc2c(c1)c(/C=C/c1ccc(C(O)(O)N3CCOCC3)nn1)nn2PI)c1c(Cl)cncc1Cl. The van der Waals surface area contributed by atoms with Crippen LogP contribution in [0.2, 0.25) is 10.0 Å². The van der Waals surface area contributed by atoms with E-state index in [1.807, 2.05) is 35.7 Å². The van der Waals surface area contributed by atoms with E-state index in [9.17, 15) is 10.2 Å². The van der Waals surface area contributed by atoms with Crippen LogP contribution in [0, 0.1) is 0 Å². The van der Waals surface area contributed by atoms with Gasteiger partial charge >= 0.3 is 0 Å². The molecule has 0 aliphatic carbocycles. The van der Waals surface area contributed by atoms with Crippen LogP contribution >= 0.6 is 51.6 Å². The Kier molecular flexibility index (Phi) is 8.99. The van der Waals surface area contributed by atoms with Crippen LogP contribution in [0.3, 0.4) is 0 Å². The number of halogens is 3. The summed E-state index contributed by atoms with van der Waals surface area (Å²) in [5.41, 5.74) is 2.94. The Balaban J connectivity index is 1.38. The van der Waals surface area contributed by atoms with Gasteiger partial charge in [-0.3, -0.25) is 4.98 Å². The molecule has 0 radical (unpaired) electrons. The lowest BCUT2D eigenvalue weighted by Crippen LogP contribution is -2.51. The van der Waals surface area contributed by atoms with Gasteiger partial charge in [0.1, 0.15) is 17.5 Å². The lowest BCUT2D eigenvalue weighted by molar-refractivity contribution is -0.289. The molecule has 0 saturated carbocycles. The summed E-state index contributed by atoms with van der Waals surface area (Å²) in [6.45, 7) is 3.49. The Morgan fingerprint density at radius 2 is 1.85 bits per heavy atom. The number of benzene rings is 1. The molecule has 2 atom stereocenters. The molecule has 5 rings (SSSR count). The van der Waals surface area contributed by atoms with Gasteiger partial charge in [0.15, 0.2) is 0 Å². The van der Waals surface area contributed by atoms with Gasteiger partial charge in [0, 0.05) is 36.4 Å².